The zero-order valence-corrected chi connectivity index (χ0v) is 9.36. The number of anilines is 1. The van der Waals surface area contributed by atoms with Crippen LogP contribution in [0.3, 0.4) is 0 Å². The molecule has 86 valence electrons. The zero-order valence-electron chi connectivity index (χ0n) is 9.36. The highest BCUT2D eigenvalue weighted by atomic mass is 16.5. The van der Waals surface area contributed by atoms with Gasteiger partial charge in [-0.25, -0.2) is 0 Å². The molecule has 0 aliphatic carbocycles. The minimum atomic E-state index is -0.232. The molecule has 2 unspecified atom stereocenters. The standard InChI is InChI=1S/C9H18N4O2/c1-6(5-14-3)4-11-9-13-12-8(15-9)7(2)10/h6-7H,4-5,10H2,1-3H3,(H,11,13). The number of nitrogens with one attached hydrogen (secondary N) is 1. The minimum absolute atomic E-state index is 0.232. The second-order valence-corrected chi connectivity index (χ2v) is 3.68. The van der Waals surface area contributed by atoms with Gasteiger partial charge in [0.15, 0.2) is 0 Å². The molecule has 6 nitrogen and oxygen atoms in total. The summed E-state index contributed by atoms with van der Waals surface area (Å²) in [6.07, 6.45) is 0. The average Bonchev–Trinajstić information content (AvgIpc) is 2.63. The van der Waals surface area contributed by atoms with Crippen molar-refractivity contribution in [3.63, 3.8) is 0 Å². The number of hydrogen-bond acceptors (Lipinski definition) is 6. The summed E-state index contributed by atoms with van der Waals surface area (Å²) >= 11 is 0. The van der Waals surface area contributed by atoms with Crippen molar-refractivity contribution in [2.75, 3.05) is 25.6 Å². The molecule has 0 aliphatic rings. The van der Waals surface area contributed by atoms with Crippen molar-refractivity contribution in [1.29, 1.82) is 0 Å². The van der Waals surface area contributed by atoms with Crippen LogP contribution in [0.15, 0.2) is 4.42 Å². The Balaban J connectivity index is 2.37. The van der Waals surface area contributed by atoms with E-state index in [0.29, 0.717) is 24.4 Å². The van der Waals surface area contributed by atoms with Crippen LogP contribution in [0.1, 0.15) is 25.8 Å². The van der Waals surface area contributed by atoms with Crippen molar-refractivity contribution < 1.29 is 9.15 Å². The highest BCUT2D eigenvalue weighted by Crippen LogP contribution is 2.11. The molecule has 0 amide bonds. The van der Waals surface area contributed by atoms with Crippen LogP contribution >= 0.6 is 0 Å². The second kappa shape index (κ2) is 5.67. The molecule has 1 rings (SSSR count). The lowest BCUT2D eigenvalue weighted by Crippen LogP contribution is -2.15. The summed E-state index contributed by atoms with van der Waals surface area (Å²) in [7, 11) is 1.68. The van der Waals surface area contributed by atoms with Crippen LogP contribution in [0.4, 0.5) is 6.01 Å². The van der Waals surface area contributed by atoms with Crippen molar-refractivity contribution >= 4 is 6.01 Å². The van der Waals surface area contributed by atoms with E-state index < -0.39 is 0 Å². The normalized spacial score (nSPS) is 14.9. The lowest BCUT2D eigenvalue weighted by atomic mass is 10.2. The molecule has 1 heterocycles. The van der Waals surface area contributed by atoms with Gasteiger partial charge in [-0.2, -0.15) is 0 Å². The molecule has 0 spiro atoms. The van der Waals surface area contributed by atoms with Crippen LogP contribution < -0.4 is 11.1 Å². The van der Waals surface area contributed by atoms with Gasteiger partial charge in [0, 0.05) is 13.7 Å². The van der Waals surface area contributed by atoms with Crippen molar-refractivity contribution in [2.24, 2.45) is 11.7 Å². The van der Waals surface area contributed by atoms with E-state index in [0.717, 1.165) is 6.54 Å². The maximum atomic E-state index is 5.59. The van der Waals surface area contributed by atoms with E-state index in [1.807, 2.05) is 0 Å². The van der Waals surface area contributed by atoms with E-state index in [4.69, 9.17) is 14.9 Å². The predicted molar refractivity (Wildman–Crippen MR) is 56.4 cm³/mol. The first-order valence-electron chi connectivity index (χ1n) is 4.95. The van der Waals surface area contributed by atoms with Gasteiger partial charge in [0.25, 0.3) is 0 Å². The van der Waals surface area contributed by atoms with Gasteiger partial charge >= 0.3 is 6.01 Å². The van der Waals surface area contributed by atoms with Gasteiger partial charge in [0.1, 0.15) is 0 Å². The molecule has 0 fully saturated rings. The lowest BCUT2D eigenvalue weighted by Gasteiger charge is -2.09. The molecule has 0 bridgehead atoms. The summed E-state index contributed by atoms with van der Waals surface area (Å²) in [5, 5.41) is 10.7. The first kappa shape index (κ1) is 11.9. The molecule has 1 aromatic heterocycles. The lowest BCUT2D eigenvalue weighted by molar-refractivity contribution is 0.164. The van der Waals surface area contributed by atoms with E-state index in [1.54, 1.807) is 14.0 Å². The Morgan fingerprint density at radius 1 is 1.47 bits per heavy atom. The first-order chi connectivity index (χ1) is 7.13. The number of hydrogen-bond donors (Lipinski definition) is 2. The smallest absolute Gasteiger partial charge is 0.315 e. The number of methoxy groups -OCH3 is 1. The Bertz CT molecular complexity index is 287. The highest BCUT2D eigenvalue weighted by molar-refractivity contribution is 5.17. The van der Waals surface area contributed by atoms with E-state index in [1.165, 1.54) is 0 Å². The van der Waals surface area contributed by atoms with Gasteiger partial charge in [0.05, 0.1) is 12.6 Å². The third kappa shape index (κ3) is 3.85. The maximum absolute atomic E-state index is 5.59. The molecule has 0 aromatic carbocycles. The van der Waals surface area contributed by atoms with Crippen LogP contribution in [-0.4, -0.2) is 30.5 Å². The SMILES string of the molecule is COCC(C)CNc1nnc(C(C)N)o1. The summed E-state index contributed by atoms with van der Waals surface area (Å²) in [5.41, 5.74) is 5.59. The molecular formula is C9H18N4O2. The van der Waals surface area contributed by atoms with E-state index in [2.05, 4.69) is 22.4 Å². The Morgan fingerprint density at radius 2 is 2.20 bits per heavy atom. The Hall–Kier alpha value is -1.14. The zero-order chi connectivity index (χ0) is 11.3. The molecule has 2 atom stereocenters. The summed E-state index contributed by atoms with van der Waals surface area (Å²) in [5.74, 6) is 0.831. The van der Waals surface area contributed by atoms with Gasteiger partial charge in [-0.3, -0.25) is 0 Å². The number of nitrogens with zero attached hydrogens (tertiary/aromatic N) is 2. The molecule has 0 saturated heterocycles. The topological polar surface area (TPSA) is 86.2 Å². The van der Waals surface area contributed by atoms with Gasteiger partial charge in [0.2, 0.25) is 5.89 Å². The summed E-state index contributed by atoms with van der Waals surface area (Å²) in [4.78, 5) is 0. The maximum Gasteiger partial charge on any atom is 0.315 e. The third-order valence-electron chi connectivity index (χ3n) is 1.88. The molecule has 0 aliphatic heterocycles. The monoisotopic (exact) mass is 214 g/mol. The van der Waals surface area contributed by atoms with Gasteiger partial charge in [-0.15, -0.1) is 5.10 Å². The molecule has 0 radical (unpaired) electrons. The molecule has 0 saturated carbocycles. The van der Waals surface area contributed by atoms with Crippen molar-refractivity contribution in [3.8, 4) is 0 Å². The van der Waals surface area contributed by atoms with Crippen LogP contribution in [-0.2, 0) is 4.74 Å². The largest absolute Gasteiger partial charge is 0.406 e. The summed E-state index contributed by atoms with van der Waals surface area (Å²) < 4.78 is 10.3. The molecule has 6 heteroatoms. The molecule has 3 N–H and O–H groups in total. The van der Waals surface area contributed by atoms with Crippen molar-refractivity contribution in [1.82, 2.24) is 10.2 Å². The third-order valence-corrected chi connectivity index (χ3v) is 1.88. The fourth-order valence-electron chi connectivity index (χ4n) is 1.10. The van der Waals surface area contributed by atoms with E-state index >= 15 is 0 Å². The van der Waals surface area contributed by atoms with Crippen LogP contribution in [0.2, 0.25) is 0 Å². The average molecular weight is 214 g/mol. The minimum Gasteiger partial charge on any atom is -0.406 e. The van der Waals surface area contributed by atoms with E-state index in [-0.39, 0.29) is 6.04 Å². The van der Waals surface area contributed by atoms with Crippen molar-refractivity contribution in [2.45, 2.75) is 19.9 Å². The number of aromatic nitrogens is 2. The second-order valence-electron chi connectivity index (χ2n) is 3.68. The fraction of sp³-hybridized carbons (Fsp3) is 0.778. The molecule has 15 heavy (non-hydrogen) atoms. The van der Waals surface area contributed by atoms with Crippen LogP contribution in [0.5, 0.6) is 0 Å². The summed E-state index contributed by atoms with van der Waals surface area (Å²) in [6.45, 7) is 5.29. The highest BCUT2D eigenvalue weighted by Gasteiger charge is 2.10. The summed E-state index contributed by atoms with van der Waals surface area (Å²) in [6, 6.07) is 0.176. The Morgan fingerprint density at radius 3 is 2.73 bits per heavy atom. The Kier molecular flexibility index (Phi) is 4.51. The van der Waals surface area contributed by atoms with Crippen LogP contribution in [0.25, 0.3) is 0 Å². The first-order valence-corrected chi connectivity index (χ1v) is 4.95. The van der Waals surface area contributed by atoms with Gasteiger partial charge in [-0.05, 0) is 12.8 Å². The van der Waals surface area contributed by atoms with Crippen LogP contribution in [0, 0.1) is 5.92 Å². The number of rotatable bonds is 6. The number of nitrogens with two attached hydrogens (primary N) is 1. The Labute approximate surface area is 89.2 Å². The van der Waals surface area contributed by atoms with Gasteiger partial charge < -0.3 is 20.2 Å². The van der Waals surface area contributed by atoms with E-state index in [9.17, 15) is 0 Å². The van der Waals surface area contributed by atoms with Gasteiger partial charge in [-0.1, -0.05) is 12.0 Å². The molecule has 1 aromatic rings. The fourth-order valence-corrected chi connectivity index (χ4v) is 1.10. The van der Waals surface area contributed by atoms with Crippen molar-refractivity contribution in [3.05, 3.63) is 5.89 Å². The quantitative estimate of drug-likeness (QED) is 0.728. The molecular weight excluding hydrogens is 196 g/mol. The number of ether oxygens (including phenoxy) is 1. The predicted octanol–water partition coefficient (Wildman–Crippen LogP) is 0.784.